The van der Waals surface area contributed by atoms with Gasteiger partial charge in [0.1, 0.15) is 17.2 Å². The van der Waals surface area contributed by atoms with Crippen molar-refractivity contribution in [3.63, 3.8) is 0 Å². The van der Waals surface area contributed by atoms with Crippen LogP contribution in [0.2, 0.25) is 0 Å². The number of benzene rings is 3. The number of halogens is 1. The van der Waals surface area contributed by atoms with Crippen molar-refractivity contribution < 1.29 is 4.39 Å². The number of tetrazole rings is 1. The van der Waals surface area contributed by atoms with Crippen LogP contribution < -0.4 is 5.32 Å². The van der Waals surface area contributed by atoms with Gasteiger partial charge in [-0.2, -0.15) is 19.7 Å². The third-order valence-corrected chi connectivity index (χ3v) is 6.48. The van der Waals surface area contributed by atoms with Crippen LogP contribution in [0.5, 0.6) is 0 Å². The highest BCUT2D eigenvalue weighted by Crippen LogP contribution is 2.21. The maximum Gasteiger partial charge on any atom is 0.214 e. The van der Waals surface area contributed by atoms with Gasteiger partial charge in [-0.15, -0.1) is 5.10 Å². The second-order valence-electron chi connectivity index (χ2n) is 8.11. The molecular weight excluding hydrogens is 475 g/mol. The predicted octanol–water partition coefficient (Wildman–Crippen LogP) is 4.38. The third kappa shape index (κ3) is 6.02. The van der Waals surface area contributed by atoms with Crippen molar-refractivity contribution in [1.29, 1.82) is 0 Å². The summed E-state index contributed by atoms with van der Waals surface area (Å²) in [7, 11) is 0. The molecule has 3 aromatic carbocycles. The second kappa shape index (κ2) is 11.7. The average molecular weight is 501 g/mol. The Labute approximate surface area is 212 Å². The molecule has 0 saturated carbocycles. The van der Waals surface area contributed by atoms with E-state index in [0.29, 0.717) is 13.1 Å². The van der Waals surface area contributed by atoms with E-state index in [1.807, 2.05) is 60.7 Å². The number of hydrogen-bond donors (Lipinski definition) is 1. The molecule has 182 valence electrons. The zero-order valence-corrected chi connectivity index (χ0v) is 20.4. The van der Waals surface area contributed by atoms with E-state index >= 15 is 0 Å². The molecule has 1 N–H and O–H groups in total. The van der Waals surface area contributed by atoms with E-state index in [0.717, 1.165) is 52.1 Å². The van der Waals surface area contributed by atoms with Crippen molar-refractivity contribution in [1.82, 2.24) is 40.5 Å². The van der Waals surface area contributed by atoms with Gasteiger partial charge in [-0.05, 0) is 53.2 Å². The Hall–Kier alpha value is -3.89. The summed E-state index contributed by atoms with van der Waals surface area (Å²) in [6, 6.07) is 26.3. The van der Waals surface area contributed by atoms with Crippen LogP contribution in [0.1, 0.15) is 17.7 Å². The van der Waals surface area contributed by atoms with Crippen molar-refractivity contribution in [3.05, 3.63) is 102 Å². The van der Waals surface area contributed by atoms with Crippen LogP contribution in [0.3, 0.4) is 0 Å². The first kappa shape index (κ1) is 23.8. The molecule has 0 amide bonds. The molecular formula is C26H25FN8S. The molecule has 2 heterocycles. The molecule has 0 radical (unpaired) electrons. The van der Waals surface area contributed by atoms with Gasteiger partial charge in [0.15, 0.2) is 0 Å². The van der Waals surface area contributed by atoms with Crippen LogP contribution in [-0.2, 0) is 13.1 Å². The summed E-state index contributed by atoms with van der Waals surface area (Å²) in [6.45, 7) is 1.89. The number of nitrogens with zero attached hydrogens (tertiary/aromatic N) is 7. The smallest absolute Gasteiger partial charge is 0.214 e. The molecule has 10 heteroatoms. The van der Waals surface area contributed by atoms with E-state index in [9.17, 15) is 4.39 Å². The fourth-order valence-electron chi connectivity index (χ4n) is 3.71. The average Bonchev–Trinajstić information content (AvgIpc) is 3.55. The monoisotopic (exact) mass is 500 g/mol. The van der Waals surface area contributed by atoms with E-state index < -0.39 is 0 Å². The highest BCUT2D eigenvalue weighted by Gasteiger charge is 2.13. The minimum absolute atomic E-state index is 0.253. The Morgan fingerprint density at radius 2 is 1.61 bits per heavy atom. The predicted molar refractivity (Wildman–Crippen MR) is 137 cm³/mol. The molecule has 0 aliphatic heterocycles. The first-order valence-corrected chi connectivity index (χ1v) is 12.7. The van der Waals surface area contributed by atoms with Gasteiger partial charge in [0, 0.05) is 17.9 Å². The summed E-state index contributed by atoms with van der Waals surface area (Å²) < 4.78 is 15.0. The molecule has 2 aromatic heterocycles. The Bertz CT molecular complexity index is 1370. The minimum atomic E-state index is -0.253. The van der Waals surface area contributed by atoms with Crippen LogP contribution in [0.15, 0.2) is 90.1 Å². The van der Waals surface area contributed by atoms with Crippen LogP contribution in [0.25, 0.3) is 16.9 Å². The zero-order valence-electron chi connectivity index (χ0n) is 19.5. The quantitative estimate of drug-likeness (QED) is 0.213. The Morgan fingerprint density at radius 1 is 0.861 bits per heavy atom. The highest BCUT2D eigenvalue weighted by molar-refractivity contribution is 7.99. The molecule has 0 bridgehead atoms. The molecule has 36 heavy (non-hydrogen) atoms. The van der Waals surface area contributed by atoms with E-state index in [-0.39, 0.29) is 5.82 Å². The SMILES string of the molecule is Fc1ccc(Cn2nc(CNCCCSc3nnnn3-c3ccccc3)c(-c3ccccc3)n2)cc1. The van der Waals surface area contributed by atoms with Gasteiger partial charge < -0.3 is 5.32 Å². The molecule has 0 spiro atoms. The number of aromatic nitrogens is 7. The summed E-state index contributed by atoms with van der Waals surface area (Å²) in [5.74, 6) is 0.625. The first-order valence-electron chi connectivity index (χ1n) is 11.7. The number of rotatable bonds is 11. The van der Waals surface area contributed by atoms with Gasteiger partial charge in [0.05, 0.1) is 12.2 Å². The van der Waals surface area contributed by atoms with Crippen LogP contribution in [0, 0.1) is 5.82 Å². The zero-order chi connectivity index (χ0) is 24.6. The lowest BCUT2D eigenvalue weighted by Gasteiger charge is -2.05. The lowest BCUT2D eigenvalue weighted by molar-refractivity contribution is 0.574. The minimum Gasteiger partial charge on any atom is -0.311 e. The molecule has 0 aliphatic carbocycles. The summed E-state index contributed by atoms with van der Waals surface area (Å²) in [4.78, 5) is 1.67. The first-order chi connectivity index (χ1) is 17.8. The molecule has 0 fully saturated rings. The molecule has 0 atom stereocenters. The van der Waals surface area contributed by atoms with Crippen LogP contribution >= 0.6 is 11.8 Å². The lowest BCUT2D eigenvalue weighted by atomic mass is 10.1. The number of hydrogen-bond acceptors (Lipinski definition) is 7. The fraction of sp³-hybridized carbons (Fsp3) is 0.192. The van der Waals surface area contributed by atoms with Gasteiger partial charge in [-0.1, -0.05) is 72.4 Å². The summed E-state index contributed by atoms with van der Waals surface area (Å²) in [5, 5.41) is 25.8. The van der Waals surface area contributed by atoms with Gasteiger partial charge >= 0.3 is 0 Å². The van der Waals surface area contributed by atoms with Crippen LogP contribution in [0.4, 0.5) is 4.39 Å². The largest absolute Gasteiger partial charge is 0.311 e. The van der Waals surface area contributed by atoms with Gasteiger partial charge in [0.25, 0.3) is 0 Å². The topological polar surface area (TPSA) is 86.3 Å². The van der Waals surface area contributed by atoms with Crippen molar-refractivity contribution in [2.75, 3.05) is 12.3 Å². The van der Waals surface area contributed by atoms with Gasteiger partial charge in [0.2, 0.25) is 5.16 Å². The second-order valence-corrected chi connectivity index (χ2v) is 9.17. The van der Waals surface area contributed by atoms with E-state index in [1.54, 1.807) is 33.4 Å². The summed E-state index contributed by atoms with van der Waals surface area (Å²) >= 11 is 1.63. The normalized spacial score (nSPS) is 11.1. The maximum atomic E-state index is 13.3. The highest BCUT2D eigenvalue weighted by atomic mass is 32.2. The Morgan fingerprint density at radius 3 is 2.39 bits per heavy atom. The van der Waals surface area contributed by atoms with E-state index in [1.165, 1.54) is 12.1 Å². The van der Waals surface area contributed by atoms with Gasteiger partial charge in [-0.3, -0.25) is 0 Å². The van der Waals surface area contributed by atoms with Crippen molar-refractivity contribution in [3.8, 4) is 16.9 Å². The van der Waals surface area contributed by atoms with Crippen LogP contribution in [-0.4, -0.2) is 47.5 Å². The maximum absolute atomic E-state index is 13.3. The standard InChI is InChI=1S/C26H25FN8S/c27-22-14-12-20(13-15-22)19-34-30-24(25(31-34)21-8-3-1-4-9-21)18-28-16-7-17-36-26-29-32-33-35(26)23-10-5-2-6-11-23/h1-6,8-15,28H,7,16-19H2. The number of para-hydroxylation sites is 1. The van der Waals surface area contributed by atoms with E-state index in [4.69, 9.17) is 10.2 Å². The summed E-state index contributed by atoms with van der Waals surface area (Å²) in [5.41, 5.74) is 4.63. The lowest BCUT2D eigenvalue weighted by Crippen LogP contribution is -2.16. The molecule has 0 unspecified atom stereocenters. The molecule has 5 rings (SSSR count). The van der Waals surface area contributed by atoms with E-state index in [2.05, 4.69) is 20.8 Å². The van der Waals surface area contributed by atoms with Gasteiger partial charge in [-0.25, -0.2) is 4.39 Å². The summed E-state index contributed by atoms with van der Waals surface area (Å²) in [6.07, 6.45) is 0.941. The molecule has 0 saturated heterocycles. The van der Waals surface area contributed by atoms with Crippen molar-refractivity contribution in [2.24, 2.45) is 0 Å². The fourth-order valence-corrected chi connectivity index (χ4v) is 4.54. The third-order valence-electron chi connectivity index (χ3n) is 5.47. The molecule has 5 aromatic rings. The number of nitrogens with one attached hydrogen (secondary N) is 1. The number of thioether (sulfide) groups is 1. The molecule has 8 nitrogen and oxygen atoms in total. The Kier molecular flexibility index (Phi) is 7.74. The molecule has 0 aliphatic rings. The van der Waals surface area contributed by atoms with Crippen molar-refractivity contribution >= 4 is 11.8 Å². The Balaban J connectivity index is 1.17. The van der Waals surface area contributed by atoms with Crippen molar-refractivity contribution in [2.45, 2.75) is 24.7 Å².